The molecule has 2 N–H and O–H groups in total. The average molecular weight is 260 g/mol. The zero-order valence-electron chi connectivity index (χ0n) is 11.2. The summed E-state index contributed by atoms with van der Waals surface area (Å²) in [6.07, 6.45) is 2.32. The Kier molecular flexibility index (Phi) is 5.12. The molecule has 0 saturated carbocycles. The van der Waals surface area contributed by atoms with Crippen LogP contribution >= 0.6 is 0 Å². The second kappa shape index (κ2) is 7.07. The average Bonchev–Trinajstić information content (AvgIpc) is 2.45. The lowest BCUT2D eigenvalue weighted by atomic mass is 10.2. The lowest BCUT2D eigenvalue weighted by Gasteiger charge is -2.13. The molecule has 2 aromatic rings. The first-order valence-electron chi connectivity index (χ1n) is 6.66. The zero-order valence-corrected chi connectivity index (χ0v) is 11.2. The molecule has 1 heterocycles. The number of pyridine rings is 1. The van der Waals surface area contributed by atoms with E-state index in [2.05, 4.69) is 17.2 Å². The molecule has 1 aromatic carbocycles. The smallest absolute Gasteiger partial charge is 0.121 e. The van der Waals surface area contributed by atoms with Crippen molar-refractivity contribution in [1.29, 1.82) is 0 Å². The molecule has 0 bridgehead atoms. The lowest BCUT2D eigenvalue weighted by Crippen LogP contribution is -2.31. The van der Waals surface area contributed by atoms with Crippen LogP contribution in [0.25, 0.3) is 10.9 Å². The number of aromatic nitrogens is 1. The van der Waals surface area contributed by atoms with Gasteiger partial charge < -0.3 is 15.2 Å². The molecule has 1 atom stereocenters. The van der Waals surface area contributed by atoms with Gasteiger partial charge in [-0.1, -0.05) is 13.0 Å². The summed E-state index contributed by atoms with van der Waals surface area (Å²) < 4.78 is 5.58. The van der Waals surface area contributed by atoms with E-state index in [-0.39, 0.29) is 6.61 Å². The van der Waals surface area contributed by atoms with Crippen molar-refractivity contribution in [3.63, 3.8) is 0 Å². The molecule has 0 fully saturated rings. The molecule has 0 spiro atoms. The molecule has 0 aliphatic rings. The molecule has 0 saturated heterocycles. The highest BCUT2D eigenvalue weighted by Crippen LogP contribution is 2.18. The Morgan fingerprint density at radius 3 is 3.11 bits per heavy atom. The third-order valence-electron chi connectivity index (χ3n) is 2.83. The number of benzene rings is 1. The zero-order chi connectivity index (χ0) is 13.5. The highest BCUT2D eigenvalue weighted by Gasteiger charge is 2.05. The fourth-order valence-corrected chi connectivity index (χ4v) is 1.83. The number of hydrogen-bond acceptors (Lipinski definition) is 4. The maximum absolute atomic E-state index is 9.75. The van der Waals surface area contributed by atoms with Crippen LogP contribution in [0, 0.1) is 0 Å². The third kappa shape index (κ3) is 4.19. The second-order valence-electron chi connectivity index (χ2n) is 4.53. The summed E-state index contributed by atoms with van der Waals surface area (Å²) in [4.78, 5) is 4.27. The van der Waals surface area contributed by atoms with Crippen molar-refractivity contribution in [2.45, 2.75) is 19.4 Å². The summed E-state index contributed by atoms with van der Waals surface area (Å²) in [7, 11) is 0. The Hall–Kier alpha value is -1.65. The van der Waals surface area contributed by atoms with Crippen molar-refractivity contribution in [3.05, 3.63) is 36.5 Å². The summed E-state index contributed by atoms with van der Waals surface area (Å²) >= 11 is 0. The van der Waals surface area contributed by atoms with Gasteiger partial charge in [0.05, 0.1) is 5.52 Å². The number of hydrogen-bond donors (Lipinski definition) is 2. The molecule has 102 valence electrons. The minimum Gasteiger partial charge on any atom is -0.491 e. The van der Waals surface area contributed by atoms with E-state index >= 15 is 0 Å². The Labute approximate surface area is 113 Å². The quantitative estimate of drug-likeness (QED) is 0.747. The minimum absolute atomic E-state index is 0.287. The van der Waals surface area contributed by atoms with Crippen LogP contribution in [0.3, 0.4) is 0 Å². The number of ether oxygens (including phenoxy) is 1. The van der Waals surface area contributed by atoms with Crippen molar-refractivity contribution in [1.82, 2.24) is 10.3 Å². The summed E-state index contributed by atoms with van der Waals surface area (Å²) in [5.74, 6) is 0.737. The van der Waals surface area contributed by atoms with E-state index in [4.69, 9.17) is 4.74 Å². The van der Waals surface area contributed by atoms with Crippen LogP contribution in [0.2, 0.25) is 0 Å². The van der Waals surface area contributed by atoms with Crippen LogP contribution in [0.5, 0.6) is 5.75 Å². The number of nitrogens with one attached hydrogen (secondary N) is 1. The van der Waals surface area contributed by atoms with E-state index in [0.717, 1.165) is 29.6 Å². The number of aliphatic hydroxyl groups excluding tert-OH is 1. The van der Waals surface area contributed by atoms with Crippen LogP contribution < -0.4 is 10.1 Å². The molecule has 4 heteroatoms. The number of nitrogens with zero attached hydrogens (tertiary/aromatic N) is 1. The summed E-state index contributed by atoms with van der Waals surface area (Å²) in [5.41, 5.74) is 0.901. The highest BCUT2D eigenvalue weighted by molar-refractivity contribution is 5.79. The third-order valence-corrected chi connectivity index (χ3v) is 2.83. The Balaban J connectivity index is 1.87. The maximum Gasteiger partial charge on any atom is 0.121 e. The number of aliphatic hydroxyl groups is 1. The van der Waals surface area contributed by atoms with Crippen molar-refractivity contribution < 1.29 is 9.84 Å². The van der Waals surface area contributed by atoms with Gasteiger partial charge >= 0.3 is 0 Å². The molecule has 19 heavy (non-hydrogen) atoms. The molecule has 0 radical (unpaired) electrons. The molecule has 4 nitrogen and oxygen atoms in total. The van der Waals surface area contributed by atoms with Crippen LogP contribution in [-0.4, -0.2) is 35.9 Å². The largest absolute Gasteiger partial charge is 0.491 e. The molecular weight excluding hydrogens is 240 g/mol. The first-order valence-corrected chi connectivity index (χ1v) is 6.66. The van der Waals surface area contributed by atoms with Gasteiger partial charge in [-0.3, -0.25) is 4.98 Å². The highest BCUT2D eigenvalue weighted by atomic mass is 16.5. The lowest BCUT2D eigenvalue weighted by molar-refractivity contribution is 0.106. The molecule has 2 rings (SSSR count). The second-order valence-corrected chi connectivity index (χ2v) is 4.53. The molecule has 1 aromatic heterocycles. The van der Waals surface area contributed by atoms with Crippen molar-refractivity contribution in [2.75, 3.05) is 19.7 Å². The van der Waals surface area contributed by atoms with Crippen molar-refractivity contribution in [2.24, 2.45) is 0 Å². The first-order chi connectivity index (χ1) is 9.29. The van der Waals surface area contributed by atoms with Crippen LogP contribution in [0.1, 0.15) is 13.3 Å². The standard InChI is InChI=1S/C15H20N2O2/c1-2-7-16-10-13(18)11-19-14-6-5-12-4-3-8-17-15(12)9-14/h3-6,8-9,13,16,18H,2,7,10-11H2,1H3. The van der Waals surface area contributed by atoms with Gasteiger partial charge in [0.25, 0.3) is 0 Å². The first kappa shape index (κ1) is 13.8. The van der Waals surface area contributed by atoms with Gasteiger partial charge in [-0.25, -0.2) is 0 Å². The molecule has 0 aliphatic carbocycles. The van der Waals surface area contributed by atoms with Crippen LogP contribution in [0.4, 0.5) is 0 Å². The van der Waals surface area contributed by atoms with Gasteiger partial charge in [0.2, 0.25) is 0 Å². The molecular formula is C15H20N2O2. The van der Waals surface area contributed by atoms with E-state index in [0.29, 0.717) is 6.54 Å². The molecule has 0 amide bonds. The normalized spacial score (nSPS) is 12.5. The topological polar surface area (TPSA) is 54.4 Å². The number of fused-ring (bicyclic) bond motifs is 1. The number of rotatable bonds is 7. The van der Waals surface area contributed by atoms with Crippen molar-refractivity contribution in [3.8, 4) is 5.75 Å². The van der Waals surface area contributed by atoms with E-state index in [1.54, 1.807) is 6.20 Å². The van der Waals surface area contributed by atoms with E-state index in [9.17, 15) is 5.11 Å². The molecule has 0 aliphatic heterocycles. The summed E-state index contributed by atoms with van der Waals surface area (Å²) in [6.45, 7) is 3.85. The summed E-state index contributed by atoms with van der Waals surface area (Å²) in [6, 6.07) is 9.68. The van der Waals surface area contributed by atoms with Gasteiger partial charge in [0.1, 0.15) is 18.5 Å². The van der Waals surface area contributed by atoms with Gasteiger partial charge in [0, 0.05) is 24.2 Å². The van der Waals surface area contributed by atoms with Gasteiger partial charge in [-0.05, 0) is 31.2 Å². The predicted molar refractivity (Wildman–Crippen MR) is 76.4 cm³/mol. The minimum atomic E-state index is -0.494. The van der Waals surface area contributed by atoms with E-state index in [1.807, 2.05) is 30.3 Å². The SMILES string of the molecule is CCCNCC(O)COc1ccc2cccnc2c1. The Morgan fingerprint density at radius 1 is 1.37 bits per heavy atom. The van der Waals surface area contributed by atoms with E-state index < -0.39 is 6.10 Å². The van der Waals surface area contributed by atoms with Crippen LogP contribution in [-0.2, 0) is 0 Å². The maximum atomic E-state index is 9.75. The van der Waals surface area contributed by atoms with Crippen molar-refractivity contribution >= 4 is 10.9 Å². The molecule has 1 unspecified atom stereocenters. The summed E-state index contributed by atoms with van der Waals surface area (Å²) in [5, 5.41) is 14.0. The Bertz CT molecular complexity index is 516. The Morgan fingerprint density at radius 2 is 2.26 bits per heavy atom. The van der Waals surface area contributed by atoms with Crippen LogP contribution in [0.15, 0.2) is 36.5 Å². The van der Waals surface area contributed by atoms with Gasteiger partial charge in [-0.2, -0.15) is 0 Å². The monoisotopic (exact) mass is 260 g/mol. The fourth-order valence-electron chi connectivity index (χ4n) is 1.83. The van der Waals surface area contributed by atoms with Gasteiger partial charge in [0.15, 0.2) is 0 Å². The fraction of sp³-hybridized carbons (Fsp3) is 0.400. The van der Waals surface area contributed by atoms with E-state index in [1.165, 1.54) is 0 Å². The van der Waals surface area contributed by atoms with Gasteiger partial charge in [-0.15, -0.1) is 0 Å². The predicted octanol–water partition coefficient (Wildman–Crippen LogP) is 1.97.